The van der Waals surface area contributed by atoms with Gasteiger partial charge in [-0.15, -0.1) is 0 Å². The van der Waals surface area contributed by atoms with Crippen molar-refractivity contribution in [2.75, 3.05) is 39.9 Å². The molecule has 2 rings (SSSR count). The maximum Gasteiger partial charge on any atom is 0.390 e. The van der Waals surface area contributed by atoms with Gasteiger partial charge in [-0.05, 0) is 24.6 Å². The quantitative estimate of drug-likeness (QED) is 0.868. The van der Waals surface area contributed by atoms with Crippen LogP contribution in [0.3, 0.4) is 0 Å². The summed E-state index contributed by atoms with van der Waals surface area (Å²) in [6.45, 7) is 4.90. The molecular formula is C16H23F3N2O2. The molecule has 1 fully saturated rings. The highest BCUT2D eigenvalue weighted by atomic mass is 19.4. The number of piperazine rings is 1. The van der Waals surface area contributed by atoms with Crippen LogP contribution in [-0.4, -0.2) is 51.0 Å². The highest BCUT2D eigenvalue weighted by molar-refractivity contribution is 5.44. The third kappa shape index (κ3) is 5.00. The molecule has 23 heavy (non-hydrogen) atoms. The van der Waals surface area contributed by atoms with Gasteiger partial charge < -0.3 is 14.8 Å². The van der Waals surface area contributed by atoms with E-state index in [0.717, 1.165) is 0 Å². The molecule has 1 aliphatic heterocycles. The van der Waals surface area contributed by atoms with Gasteiger partial charge in [0.15, 0.2) is 11.5 Å². The molecule has 4 nitrogen and oxygen atoms in total. The van der Waals surface area contributed by atoms with Crippen molar-refractivity contribution in [1.29, 1.82) is 0 Å². The molecule has 0 radical (unpaired) electrons. The van der Waals surface area contributed by atoms with Crippen LogP contribution in [0.2, 0.25) is 0 Å². The van der Waals surface area contributed by atoms with Crippen molar-refractivity contribution in [3.63, 3.8) is 0 Å². The molecule has 0 saturated carbocycles. The van der Waals surface area contributed by atoms with Crippen molar-refractivity contribution >= 4 is 0 Å². The molecule has 0 amide bonds. The minimum absolute atomic E-state index is 0.464. The Labute approximate surface area is 134 Å². The van der Waals surface area contributed by atoms with Gasteiger partial charge in [-0.1, -0.05) is 6.07 Å². The summed E-state index contributed by atoms with van der Waals surface area (Å²) in [5, 5.41) is 3.16. The molecule has 1 aliphatic rings. The van der Waals surface area contributed by atoms with Crippen LogP contribution < -0.4 is 14.8 Å². The third-order valence-electron chi connectivity index (χ3n) is 3.89. The van der Waals surface area contributed by atoms with Gasteiger partial charge in [0, 0.05) is 32.2 Å². The van der Waals surface area contributed by atoms with Crippen molar-refractivity contribution in [3.8, 4) is 11.5 Å². The zero-order chi connectivity index (χ0) is 16.9. The predicted octanol–water partition coefficient (Wildman–Crippen LogP) is 2.99. The number of halogens is 3. The number of benzene rings is 1. The maximum absolute atomic E-state index is 13.0. The van der Waals surface area contributed by atoms with E-state index in [0.29, 0.717) is 49.8 Å². The molecule has 0 bridgehead atoms. The smallest absolute Gasteiger partial charge is 0.390 e. The van der Waals surface area contributed by atoms with Crippen LogP contribution in [0.25, 0.3) is 0 Å². The van der Waals surface area contributed by atoms with E-state index < -0.39 is 18.6 Å². The Morgan fingerprint density at radius 2 is 1.91 bits per heavy atom. The van der Waals surface area contributed by atoms with Crippen molar-refractivity contribution in [2.24, 2.45) is 0 Å². The van der Waals surface area contributed by atoms with E-state index >= 15 is 0 Å². The van der Waals surface area contributed by atoms with Gasteiger partial charge >= 0.3 is 6.18 Å². The van der Waals surface area contributed by atoms with Gasteiger partial charge in [0.25, 0.3) is 0 Å². The summed E-state index contributed by atoms with van der Waals surface area (Å²) in [4.78, 5) is 1.87. The van der Waals surface area contributed by atoms with Crippen LogP contribution in [0.15, 0.2) is 18.2 Å². The van der Waals surface area contributed by atoms with Crippen LogP contribution in [0, 0.1) is 0 Å². The standard InChI is InChI=1S/C16H23F3N2O2/c1-3-23-14-5-4-12(10-15(14)22-2)13(11-16(17,18)19)21-8-6-20-7-9-21/h4-5,10,13,20H,3,6-9,11H2,1-2H3/t13-/m0/s1. The molecule has 0 spiro atoms. The van der Waals surface area contributed by atoms with Gasteiger partial charge in [-0.25, -0.2) is 0 Å². The average molecular weight is 332 g/mol. The Kier molecular flexibility index (Phi) is 6.12. The Bertz CT molecular complexity index is 503. The molecule has 1 N–H and O–H groups in total. The van der Waals surface area contributed by atoms with E-state index in [2.05, 4.69) is 5.32 Å². The van der Waals surface area contributed by atoms with Crippen LogP contribution >= 0.6 is 0 Å². The second-order valence-corrected chi connectivity index (χ2v) is 5.46. The molecule has 1 aromatic carbocycles. The zero-order valence-electron chi connectivity index (χ0n) is 13.4. The van der Waals surface area contributed by atoms with Gasteiger partial charge in [0.05, 0.1) is 20.1 Å². The van der Waals surface area contributed by atoms with Crippen LogP contribution in [0.5, 0.6) is 11.5 Å². The fourth-order valence-corrected chi connectivity index (χ4v) is 2.84. The van der Waals surface area contributed by atoms with Crippen molar-refractivity contribution < 1.29 is 22.6 Å². The highest BCUT2D eigenvalue weighted by Crippen LogP contribution is 2.37. The molecule has 130 valence electrons. The topological polar surface area (TPSA) is 33.7 Å². The van der Waals surface area contributed by atoms with E-state index in [1.807, 2.05) is 11.8 Å². The number of hydrogen-bond acceptors (Lipinski definition) is 4. The maximum atomic E-state index is 13.0. The van der Waals surface area contributed by atoms with E-state index in [4.69, 9.17) is 9.47 Å². The number of ether oxygens (including phenoxy) is 2. The normalized spacial score (nSPS) is 17.8. The number of alkyl halides is 3. The lowest BCUT2D eigenvalue weighted by molar-refractivity contribution is -0.148. The van der Waals surface area contributed by atoms with Gasteiger partial charge in [0.2, 0.25) is 0 Å². The number of rotatable bonds is 6. The summed E-state index contributed by atoms with van der Waals surface area (Å²) < 4.78 is 49.8. The minimum atomic E-state index is -4.22. The average Bonchev–Trinajstić information content (AvgIpc) is 2.53. The first-order chi connectivity index (χ1) is 10.9. The summed E-state index contributed by atoms with van der Waals surface area (Å²) in [5.74, 6) is 1.01. The number of hydrogen-bond donors (Lipinski definition) is 1. The van der Waals surface area contributed by atoms with E-state index in [9.17, 15) is 13.2 Å². The highest BCUT2D eigenvalue weighted by Gasteiger charge is 2.36. The lowest BCUT2D eigenvalue weighted by Gasteiger charge is -2.35. The van der Waals surface area contributed by atoms with Crippen LogP contribution in [0.1, 0.15) is 24.9 Å². The Morgan fingerprint density at radius 3 is 2.48 bits per heavy atom. The monoisotopic (exact) mass is 332 g/mol. The molecule has 7 heteroatoms. The first-order valence-electron chi connectivity index (χ1n) is 7.77. The number of methoxy groups -OCH3 is 1. The van der Waals surface area contributed by atoms with E-state index in [-0.39, 0.29) is 0 Å². The number of nitrogens with zero attached hydrogens (tertiary/aromatic N) is 1. The summed E-state index contributed by atoms with van der Waals surface area (Å²) in [7, 11) is 1.49. The van der Waals surface area contributed by atoms with Crippen molar-refractivity contribution in [3.05, 3.63) is 23.8 Å². The zero-order valence-corrected chi connectivity index (χ0v) is 13.4. The van der Waals surface area contributed by atoms with Crippen LogP contribution in [0.4, 0.5) is 13.2 Å². The molecule has 0 aliphatic carbocycles. The molecule has 0 unspecified atom stereocenters. The fourth-order valence-electron chi connectivity index (χ4n) is 2.84. The van der Waals surface area contributed by atoms with Crippen molar-refractivity contribution in [2.45, 2.75) is 25.6 Å². The Hall–Kier alpha value is -1.47. The van der Waals surface area contributed by atoms with E-state index in [1.54, 1.807) is 18.2 Å². The Balaban J connectivity index is 2.29. The predicted molar refractivity (Wildman–Crippen MR) is 82.0 cm³/mol. The largest absolute Gasteiger partial charge is 0.493 e. The van der Waals surface area contributed by atoms with E-state index in [1.165, 1.54) is 7.11 Å². The summed E-state index contributed by atoms with van der Waals surface area (Å²) in [6.07, 6.45) is -5.09. The minimum Gasteiger partial charge on any atom is -0.493 e. The van der Waals surface area contributed by atoms with Crippen LogP contribution in [-0.2, 0) is 0 Å². The summed E-state index contributed by atoms with van der Waals surface area (Å²) in [6, 6.07) is 4.33. The fraction of sp³-hybridized carbons (Fsp3) is 0.625. The SMILES string of the molecule is CCOc1ccc([C@H](CC(F)(F)F)N2CCNCC2)cc1OC. The number of nitrogens with one attached hydrogen (secondary N) is 1. The molecule has 1 heterocycles. The molecule has 1 saturated heterocycles. The van der Waals surface area contributed by atoms with Crippen molar-refractivity contribution in [1.82, 2.24) is 10.2 Å². The van der Waals surface area contributed by atoms with Gasteiger partial charge in [-0.2, -0.15) is 13.2 Å². The lowest BCUT2D eigenvalue weighted by atomic mass is 10.00. The van der Waals surface area contributed by atoms with Gasteiger partial charge in [0.1, 0.15) is 0 Å². The Morgan fingerprint density at radius 1 is 1.22 bits per heavy atom. The van der Waals surface area contributed by atoms with Gasteiger partial charge in [-0.3, -0.25) is 4.90 Å². The summed E-state index contributed by atoms with van der Waals surface area (Å²) >= 11 is 0. The summed E-state index contributed by atoms with van der Waals surface area (Å²) in [5.41, 5.74) is 0.601. The molecular weight excluding hydrogens is 309 g/mol. The first-order valence-corrected chi connectivity index (χ1v) is 7.77. The molecule has 0 aromatic heterocycles. The second kappa shape index (κ2) is 7.88. The molecule has 1 atom stereocenters. The lowest BCUT2D eigenvalue weighted by Crippen LogP contribution is -2.46. The molecule has 1 aromatic rings. The second-order valence-electron chi connectivity index (χ2n) is 5.46. The third-order valence-corrected chi connectivity index (χ3v) is 3.89. The first kappa shape index (κ1) is 17.9.